The zero-order chi connectivity index (χ0) is 22.9. The van der Waals surface area contributed by atoms with E-state index >= 15 is 0 Å². The Kier molecular flexibility index (Phi) is 6.34. The van der Waals surface area contributed by atoms with Gasteiger partial charge in [0.15, 0.2) is 23.1 Å². The van der Waals surface area contributed by atoms with Gasteiger partial charge in [-0.25, -0.2) is 17.2 Å². The fourth-order valence-electron chi connectivity index (χ4n) is 3.89. The number of nitrogens with zero attached hydrogens (tertiary/aromatic N) is 1. The molecule has 0 aliphatic carbocycles. The van der Waals surface area contributed by atoms with Crippen molar-refractivity contribution in [1.29, 1.82) is 0 Å². The van der Waals surface area contributed by atoms with E-state index in [0.717, 1.165) is 17.7 Å². The van der Waals surface area contributed by atoms with Crippen LogP contribution in [0.25, 0.3) is 0 Å². The molecule has 172 valence electrons. The van der Waals surface area contributed by atoms with Crippen molar-refractivity contribution in [2.24, 2.45) is 5.92 Å². The van der Waals surface area contributed by atoms with E-state index in [1.54, 1.807) is 0 Å². The Bertz CT molecular complexity index is 1120. The van der Waals surface area contributed by atoms with Crippen molar-refractivity contribution in [2.45, 2.75) is 30.7 Å². The number of rotatable bonds is 5. The van der Waals surface area contributed by atoms with Crippen molar-refractivity contribution in [2.75, 3.05) is 26.3 Å². The van der Waals surface area contributed by atoms with Crippen LogP contribution >= 0.6 is 0 Å². The summed E-state index contributed by atoms with van der Waals surface area (Å²) in [5.41, 5.74) is 0.876. The van der Waals surface area contributed by atoms with E-state index in [1.165, 1.54) is 4.31 Å². The normalized spacial score (nSPS) is 18.2. The molecule has 0 aromatic heterocycles. The van der Waals surface area contributed by atoms with Crippen LogP contribution in [-0.4, -0.2) is 44.9 Å². The molecule has 0 radical (unpaired) electrons. The highest BCUT2D eigenvalue weighted by Gasteiger charge is 2.33. The summed E-state index contributed by atoms with van der Waals surface area (Å²) < 4.78 is 64.4. The molecule has 1 fully saturated rings. The summed E-state index contributed by atoms with van der Waals surface area (Å²) in [5, 5.41) is 2.98. The van der Waals surface area contributed by atoms with Crippen LogP contribution < -0.4 is 14.8 Å². The minimum absolute atomic E-state index is 0.123. The predicted octanol–water partition coefficient (Wildman–Crippen LogP) is 3.01. The first-order valence-corrected chi connectivity index (χ1v) is 11.8. The third-order valence-electron chi connectivity index (χ3n) is 5.78. The van der Waals surface area contributed by atoms with Gasteiger partial charge in [0.1, 0.15) is 13.2 Å². The van der Waals surface area contributed by atoms with E-state index in [2.05, 4.69) is 5.32 Å². The summed E-state index contributed by atoms with van der Waals surface area (Å²) >= 11 is 0. The number of amides is 1. The van der Waals surface area contributed by atoms with Gasteiger partial charge in [0.05, 0.1) is 10.9 Å². The quantitative estimate of drug-likeness (QED) is 0.732. The molecule has 2 aliphatic rings. The van der Waals surface area contributed by atoms with Crippen molar-refractivity contribution >= 4 is 15.9 Å². The lowest BCUT2D eigenvalue weighted by Gasteiger charge is -2.31. The first-order chi connectivity index (χ1) is 15.3. The Hall–Kier alpha value is -2.72. The molecule has 0 spiro atoms. The maximum Gasteiger partial charge on any atom is 0.243 e. The van der Waals surface area contributed by atoms with Gasteiger partial charge in [-0.15, -0.1) is 0 Å². The minimum atomic E-state index is -3.96. The number of hydrogen-bond donors (Lipinski definition) is 1. The number of hydrogen-bond acceptors (Lipinski definition) is 5. The van der Waals surface area contributed by atoms with Crippen LogP contribution in [0, 0.1) is 17.6 Å². The second-order valence-electron chi connectivity index (χ2n) is 7.89. The number of halogens is 2. The summed E-state index contributed by atoms with van der Waals surface area (Å²) in [6.45, 7) is 3.09. The average molecular weight is 467 g/mol. The van der Waals surface area contributed by atoms with Crippen LogP contribution in [0.2, 0.25) is 0 Å². The van der Waals surface area contributed by atoms with Crippen molar-refractivity contribution < 1.29 is 31.5 Å². The molecule has 4 rings (SSSR count). The smallest absolute Gasteiger partial charge is 0.243 e. The first kappa shape index (κ1) is 22.5. The van der Waals surface area contributed by atoms with E-state index in [9.17, 15) is 22.0 Å². The maximum absolute atomic E-state index is 13.5. The van der Waals surface area contributed by atoms with Crippen LogP contribution in [0.4, 0.5) is 8.78 Å². The zero-order valence-electron chi connectivity index (χ0n) is 17.5. The van der Waals surface area contributed by atoms with Crippen LogP contribution in [0.3, 0.4) is 0 Å². The van der Waals surface area contributed by atoms with Crippen molar-refractivity contribution in [3.8, 4) is 11.5 Å². The highest BCUT2D eigenvalue weighted by Crippen LogP contribution is 2.33. The summed E-state index contributed by atoms with van der Waals surface area (Å²) in [5.74, 6) is -1.50. The summed E-state index contributed by atoms with van der Waals surface area (Å²) in [6, 6.07) is 7.78. The molecule has 2 aromatic carbocycles. The van der Waals surface area contributed by atoms with Gasteiger partial charge in [-0.05, 0) is 55.7 Å². The lowest BCUT2D eigenvalue weighted by molar-refractivity contribution is -0.126. The number of piperidine rings is 1. The predicted molar refractivity (Wildman–Crippen MR) is 112 cm³/mol. The van der Waals surface area contributed by atoms with Crippen molar-refractivity contribution in [3.05, 3.63) is 53.6 Å². The average Bonchev–Trinajstić information content (AvgIpc) is 2.80. The molecule has 2 aliphatic heterocycles. The summed E-state index contributed by atoms with van der Waals surface area (Å²) in [4.78, 5) is 12.5. The minimum Gasteiger partial charge on any atom is -0.486 e. The Morgan fingerprint density at radius 3 is 2.41 bits per heavy atom. The molecule has 2 heterocycles. The largest absolute Gasteiger partial charge is 0.486 e. The van der Waals surface area contributed by atoms with Gasteiger partial charge < -0.3 is 14.8 Å². The number of sulfonamides is 1. The fourth-order valence-corrected chi connectivity index (χ4v) is 5.37. The number of fused-ring (bicyclic) bond motifs is 1. The van der Waals surface area contributed by atoms with Gasteiger partial charge in [-0.2, -0.15) is 4.31 Å². The number of benzene rings is 2. The Balaban J connectivity index is 1.35. The molecular weight excluding hydrogens is 442 g/mol. The number of nitrogens with one attached hydrogen (secondary N) is 1. The van der Waals surface area contributed by atoms with E-state index in [0.29, 0.717) is 43.6 Å². The molecule has 10 heteroatoms. The molecule has 7 nitrogen and oxygen atoms in total. The molecule has 32 heavy (non-hydrogen) atoms. The van der Waals surface area contributed by atoms with Crippen LogP contribution in [0.1, 0.15) is 31.4 Å². The Labute approximate surface area is 185 Å². The molecule has 1 atom stereocenters. The van der Waals surface area contributed by atoms with Gasteiger partial charge in [0, 0.05) is 19.0 Å². The fraction of sp³-hybridized carbons (Fsp3) is 0.409. The van der Waals surface area contributed by atoms with Crippen LogP contribution in [0.15, 0.2) is 41.3 Å². The van der Waals surface area contributed by atoms with E-state index in [1.807, 2.05) is 25.1 Å². The number of ether oxygens (including phenoxy) is 2. The van der Waals surface area contributed by atoms with Gasteiger partial charge in [0.2, 0.25) is 15.9 Å². The summed E-state index contributed by atoms with van der Waals surface area (Å²) in [6.07, 6.45) is 0.672. The molecule has 1 amide bonds. The lowest BCUT2D eigenvalue weighted by atomic mass is 9.96. The molecular formula is C22H24F2N2O5S. The molecule has 1 N–H and O–H groups in total. The summed E-state index contributed by atoms with van der Waals surface area (Å²) in [7, 11) is -3.96. The third-order valence-corrected chi connectivity index (χ3v) is 7.67. The Morgan fingerprint density at radius 1 is 1.03 bits per heavy atom. The first-order valence-electron chi connectivity index (χ1n) is 10.4. The van der Waals surface area contributed by atoms with Gasteiger partial charge in [-0.1, -0.05) is 6.07 Å². The van der Waals surface area contributed by atoms with E-state index < -0.39 is 21.7 Å². The molecule has 2 aromatic rings. The lowest BCUT2D eigenvalue weighted by Crippen LogP contribution is -2.43. The van der Waals surface area contributed by atoms with Crippen molar-refractivity contribution in [1.82, 2.24) is 9.62 Å². The highest BCUT2D eigenvalue weighted by molar-refractivity contribution is 7.89. The van der Waals surface area contributed by atoms with Gasteiger partial charge >= 0.3 is 0 Å². The van der Waals surface area contributed by atoms with Crippen molar-refractivity contribution in [3.63, 3.8) is 0 Å². The van der Waals surface area contributed by atoms with E-state index in [-0.39, 0.29) is 35.9 Å². The molecule has 1 saturated heterocycles. The second-order valence-corrected chi connectivity index (χ2v) is 9.83. The number of carbonyl (C=O) groups is 1. The standard InChI is InChI=1S/C22H24F2N2O5S/c1-14(16-2-5-20-21(12-16)31-11-10-30-20)25-22(27)15-6-8-26(9-7-15)32(28,29)17-3-4-18(23)19(24)13-17/h2-5,12-15H,6-11H2,1H3,(H,25,27). The van der Waals surface area contributed by atoms with Gasteiger partial charge in [-0.3, -0.25) is 4.79 Å². The molecule has 1 unspecified atom stereocenters. The zero-order valence-corrected chi connectivity index (χ0v) is 18.3. The SMILES string of the molecule is CC(NC(=O)C1CCN(S(=O)(=O)c2ccc(F)c(F)c2)CC1)c1ccc2c(c1)OCCO2. The molecule has 0 bridgehead atoms. The third kappa shape index (κ3) is 4.56. The Morgan fingerprint density at radius 2 is 1.72 bits per heavy atom. The monoisotopic (exact) mass is 466 g/mol. The second kappa shape index (κ2) is 9.03. The number of carbonyl (C=O) groups excluding carboxylic acids is 1. The van der Waals surface area contributed by atoms with Crippen LogP contribution in [-0.2, 0) is 14.8 Å². The topological polar surface area (TPSA) is 84.9 Å². The highest BCUT2D eigenvalue weighted by atomic mass is 32.2. The molecule has 0 saturated carbocycles. The maximum atomic E-state index is 13.5. The van der Waals surface area contributed by atoms with Gasteiger partial charge in [0.25, 0.3) is 0 Å². The van der Waals surface area contributed by atoms with E-state index in [4.69, 9.17) is 9.47 Å². The van der Waals surface area contributed by atoms with Crippen LogP contribution in [0.5, 0.6) is 11.5 Å².